The van der Waals surface area contributed by atoms with E-state index >= 15 is 0 Å². The number of nitrogens with zero attached hydrogens (tertiary/aromatic N) is 2. The average Bonchev–Trinajstić information content (AvgIpc) is 2.82. The number of benzene rings is 2. The van der Waals surface area contributed by atoms with Crippen LogP contribution in [0.3, 0.4) is 0 Å². The first-order valence-corrected chi connectivity index (χ1v) is 17.4. The quantitative estimate of drug-likeness (QED) is 0.339. The molecule has 5 heteroatoms. The van der Waals surface area contributed by atoms with Gasteiger partial charge in [-0.05, 0) is 101 Å². The summed E-state index contributed by atoms with van der Waals surface area (Å²) in [6.45, 7) is 18.0. The highest BCUT2D eigenvalue weighted by Crippen LogP contribution is 2.43. The number of aryl methyl sites for hydroxylation is 1. The summed E-state index contributed by atoms with van der Waals surface area (Å²) >= 11 is 0. The maximum atomic E-state index is 13.6. The molecule has 0 radical (unpaired) electrons. The van der Waals surface area contributed by atoms with Crippen molar-refractivity contribution in [2.24, 2.45) is 5.41 Å². The van der Waals surface area contributed by atoms with Gasteiger partial charge >= 0.3 is 0 Å². The Morgan fingerprint density at radius 3 is 2.23 bits per heavy atom. The number of nitrogens with one attached hydrogen (secondary N) is 1. The normalized spacial score (nSPS) is 16.3. The summed E-state index contributed by atoms with van der Waals surface area (Å²) in [7, 11) is 6.40. The number of carbonyl (C=O) groups is 1. The maximum Gasteiger partial charge on any atom is 0.251 e. The van der Waals surface area contributed by atoms with Crippen LogP contribution in [0.25, 0.3) is 5.57 Å². The van der Waals surface area contributed by atoms with Crippen molar-refractivity contribution in [1.82, 2.24) is 5.32 Å². The Kier molecular flexibility index (Phi) is 7.70. The molecule has 1 heterocycles. The van der Waals surface area contributed by atoms with Crippen LogP contribution in [0.1, 0.15) is 68.1 Å². The van der Waals surface area contributed by atoms with Gasteiger partial charge in [0.15, 0.2) is 5.71 Å². The minimum absolute atomic E-state index is 0.0204. The van der Waals surface area contributed by atoms with E-state index in [2.05, 4.69) is 146 Å². The van der Waals surface area contributed by atoms with Gasteiger partial charge in [-0.3, -0.25) is 4.79 Å². The standard InChI is InChI=1S/C35H47N3OSi/c1-23-13-14-24(33(39)36-35(5,6)22-34(2,3)4)19-29(23)32-27-17-15-25(37(7)8)20-30(27)40(11,12)31-21-26(38(9)10)16-18-28(31)32/h13-21H,22H2,1-12H3/p+1. The topological polar surface area (TPSA) is 35.4 Å². The minimum atomic E-state index is -2.02. The molecule has 1 amide bonds. The van der Waals surface area contributed by atoms with E-state index in [9.17, 15) is 4.79 Å². The summed E-state index contributed by atoms with van der Waals surface area (Å²) in [5, 5.41) is 6.20. The predicted molar refractivity (Wildman–Crippen MR) is 175 cm³/mol. The SMILES string of the molecule is Cc1ccc(C(=O)NC(C)(C)CC(C)(C)C)cc1C1=C2C=CC(=[N+](C)C)C=C2[Si](C)(C)c2cc(N(C)C)ccc21. The summed E-state index contributed by atoms with van der Waals surface area (Å²) in [5.41, 5.74) is 9.07. The van der Waals surface area contributed by atoms with Crippen LogP contribution < -0.4 is 15.4 Å². The first-order chi connectivity index (χ1) is 18.4. The van der Waals surface area contributed by atoms with Crippen LogP contribution in [0.5, 0.6) is 0 Å². The van der Waals surface area contributed by atoms with Gasteiger partial charge in [0.2, 0.25) is 0 Å². The van der Waals surface area contributed by atoms with Gasteiger partial charge in [0.05, 0.1) is 0 Å². The van der Waals surface area contributed by atoms with E-state index in [0.29, 0.717) is 5.56 Å². The third-order valence-corrected chi connectivity index (χ3v) is 11.6. The molecule has 40 heavy (non-hydrogen) atoms. The van der Waals surface area contributed by atoms with Gasteiger partial charge in [-0.2, -0.15) is 0 Å². The fraction of sp³-hybridized carbons (Fsp3) is 0.429. The van der Waals surface area contributed by atoms with E-state index in [0.717, 1.165) is 12.0 Å². The molecule has 1 aliphatic carbocycles. The fourth-order valence-electron chi connectivity index (χ4n) is 6.45. The molecule has 0 saturated heterocycles. The molecule has 0 aromatic heterocycles. The van der Waals surface area contributed by atoms with Crippen molar-refractivity contribution in [3.63, 3.8) is 0 Å². The van der Waals surface area contributed by atoms with E-state index in [1.165, 1.54) is 44.1 Å². The summed E-state index contributed by atoms with van der Waals surface area (Å²) in [6, 6.07) is 13.1. The van der Waals surface area contributed by atoms with E-state index in [-0.39, 0.29) is 16.9 Å². The molecule has 0 saturated carbocycles. The maximum absolute atomic E-state index is 13.6. The van der Waals surface area contributed by atoms with Crippen LogP contribution in [-0.4, -0.2) is 58.0 Å². The molecular weight excluding hydrogens is 506 g/mol. The lowest BCUT2D eigenvalue weighted by Crippen LogP contribution is -2.49. The van der Waals surface area contributed by atoms with E-state index in [1.807, 2.05) is 6.07 Å². The molecule has 0 fully saturated rings. The number of fused-ring (bicyclic) bond motifs is 2. The zero-order chi connectivity index (χ0) is 29.8. The van der Waals surface area contributed by atoms with Gasteiger partial charge in [0.1, 0.15) is 22.2 Å². The highest BCUT2D eigenvalue weighted by molar-refractivity contribution is 6.98. The first kappa shape index (κ1) is 29.8. The number of anilines is 1. The number of carbonyl (C=O) groups excluding carboxylic acids is 1. The van der Waals surface area contributed by atoms with Crippen molar-refractivity contribution in [1.29, 1.82) is 0 Å². The van der Waals surface area contributed by atoms with Crippen LogP contribution in [0.15, 0.2) is 65.4 Å². The Bertz CT molecular complexity index is 1490. The molecule has 2 aromatic carbocycles. The third kappa shape index (κ3) is 5.81. The Balaban J connectivity index is 1.93. The second-order valence-electron chi connectivity index (χ2n) is 14.4. The van der Waals surface area contributed by atoms with Crippen LogP contribution in [0, 0.1) is 12.3 Å². The fourth-order valence-corrected chi connectivity index (χ4v) is 9.52. The Morgan fingerprint density at radius 2 is 1.62 bits per heavy atom. The third-order valence-electron chi connectivity index (χ3n) is 8.12. The van der Waals surface area contributed by atoms with Crippen LogP contribution in [0.2, 0.25) is 13.1 Å². The number of hydrogen-bond donors (Lipinski definition) is 1. The van der Waals surface area contributed by atoms with Gasteiger partial charge in [-0.15, -0.1) is 0 Å². The van der Waals surface area contributed by atoms with Crippen molar-refractivity contribution < 1.29 is 9.37 Å². The Hall–Kier alpha value is -3.18. The average molecular weight is 555 g/mol. The van der Waals surface area contributed by atoms with Crippen molar-refractivity contribution in [3.05, 3.63) is 87.6 Å². The van der Waals surface area contributed by atoms with Gasteiger partial charge in [0, 0.05) is 43.0 Å². The highest BCUT2D eigenvalue weighted by atomic mass is 28.3. The Labute approximate surface area is 243 Å². The summed E-state index contributed by atoms with van der Waals surface area (Å²) < 4.78 is 2.19. The number of amides is 1. The molecular formula is C35H48N3OSi+. The molecule has 212 valence electrons. The van der Waals surface area contributed by atoms with E-state index < -0.39 is 8.07 Å². The number of hydrogen-bond acceptors (Lipinski definition) is 2. The van der Waals surface area contributed by atoms with Crippen LogP contribution in [0.4, 0.5) is 5.69 Å². The smallest absolute Gasteiger partial charge is 0.251 e. The molecule has 4 rings (SSSR count). The van der Waals surface area contributed by atoms with Crippen LogP contribution >= 0.6 is 0 Å². The monoisotopic (exact) mass is 554 g/mol. The zero-order valence-corrected chi connectivity index (χ0v) is 27.7. The molecule has 2 aliphatic rings. The van der Waals surface area contributed by atoms with Crippen molar-refractivity contribution in [3.8, 4) is 0 Å². The molecule has 0 bridgehead atoms. The van der Waals surface area contributed by atoms with Gasteiger partial charge < -0.3 is 10.2 Å². The predicted octanol–water partition coefficient (Wildman–Crippen LogP) is 6.49. The van der Waals surface area contributed by atoms with Crippen molar-refractivity contribution >= 4 is 36.1 Å². The van der Waals surface area contributed by atoms with Crippen molar-refractivity contribution in [2.45, 2.75) is 66.6 Å². The molecule has 0 atom stereocenters. The molecule has 0 unspecified atom stereocenters. The Morgan fingerprint density at radius 1 is 0.950 bits per heavy atom. The number of rotatable bonds is 5. The molecule has 1 N–H and O–H groups in total. The largest absolute Gasteiger partial charge is 0.378 e. The van der Waals surface area contributed by atoms with Crippen molar-refractivity contribution in [2.75, 3.05) is 33.1 Å². The summed E-state index contributed by atoms with van der Waals surface area (Å²) in [6.07, 6.45) is 7.82. The lowest BCUT2D eigenvalue weighted by atomic mass is 9.81. The molecule has 4 nitrogen and oxygen atoms in total. The van der Waals surface area contributed by atoms with E-state index in [4.69, 9.17) is 0 Å². The highest BCUT2D eigenvalue weighted by Gasteiger charge is 2.40. The van der Waals surface area contributed by atoms with Gasteiger partial charge in [-0.25, -0.2) is 4.58 Å². The van der Waals surface area contributed by atoms with Gasteiger partial charge in [-0.1, -0.05) is 46.0 Å². The second kappa shape index (κ2) is 10.3. The summed E-state index contributed by atoms with van der Waals surface area (Å²) in [5.74, 6) is -0.0204. The number of allylic oxidation sites excluding steroid dienone is 5. The molecule has 1 aliphatic heterocycles. The lowest BCUT2D eigenvalue weighted by Gasteiger charge is -2.38. The second-order valence-corrected chi connectivity index (χ2v) is 18.7. The first-order valence-electron chi connectivity index (χ1n) is 14.4. The zero-order valence-electron chi connectivity index (χ0n) is 26.7. The van der Waals surface area contributed by atoms with Gasteiger partial charge in [0.25, 0.3) is 5.91 Å². The van der Waals surface area contributed by atoms with E-state index in [1.54, 1.807) is 0 Å². The molecule has 2 aromatic rings. The minimum Gasteiger partial charge on any atom is -0.378 e. The lowest BCUT2D eigenvalue weighted by molar-refractivity contribution is -0.462. The molecule has 0 spiro atoms. The van der Waals surface area contributed by atoms with Crippen LogP contribution in [-0.2, 0) is 0 Å². The summed E-state index contributed by atoms with van der Waals surface area (Å²) in [4.78, 5) is 15.8.